The second kappa shape index (κ2) is 6.68. The second-order valence-corrected chi connectivity index (χ2v) is 6.30. The highest BCUT2D eigenvalue weighted by atomic mass is 16.8. The third kappa shape index (κ3) is 3.39. The van der Waals surface area contributed by atoms with Gasteiger partial charge in [-0.15, -0.1) is 0 Å². The fourth-order valence-corrected chi connectivity index (χ4v) is 2.94. The lowest BCUT2D eigenvalue weighted by Gasteiger charge is -2.26. The Morgan fingerprint density at radius 1 is 1.25 bits per heavy atom. The Balaban J connectivity index is 1.64. The first-order valence-corrected chi connectivity index (χ1v) is 7.85. The van der Waals surface area contributed by atoms with E-state index >= 15 is 0 Å². The van der Waals surface area contributed by atoms with Crippen molar-refractivity contribution in [2.24, 2.45) is 0 Å². The molecule has 2 aliphatic rings. The van der Waals surface area contributed by atoms with Crippen molar-refractivity contribution in [3.05, 3.63) is 29.8 Å². The molecule has 132 valence electrons. The summed E-state index contributed by atoms with van der Waals surface area (Å²) in [5, 5.41) is 9.65. The summed E-state index contributed by atoms with van der Waals surface area (Å²) >= 11 is 0. The van der Waals surface area contributed by atoms with Crippen molar-refractivity contribution in [1.29, 1.82) is 0 Å². The van der Waals surface area contributed by atoms with Crippen LogP contribution in [0.2, 0.25) is 0 Å². The number of benzene rings is 1. The van der Waals surface area contributed by atoms with Crippen LogP contribution in [0.25, 0.3) is 0 Å². The van der Waals surface area contributed by atoms with Gasteiger partial charge < -0.3 is 28.8 Å². The van der Waals surface area contributed by atoms with E-state index in [0.717, 1.165) is 11.3 Å². The largest absolute Gasteiger partial charge is 0.497 e. The standard InChI is InChI=1S/C17H22O7/c1-17(2)23-14-13(22-16(19)15(14)24-17)12(8-18)21-9-10-4-6-11(20-3)7-5-10/h4-7,12-15,18H,8-9H2,1-3H3/t12-,13-,14+,15+/m0/s1. The number of hydrogen-bond donors (Lipinski definition) is 1. The van der Waals surface area contributed by atoms with Crippen molar-refractivity contribution in [3.8, 4) is 5.75 Å². The van der Waals surface area contributed by atoms with Gasteiger partial charge in [-0.05, 0) is 31.5 Å². The van der Waals surface area contributed by atoms with Crippen molar-refractivity contribution in [2.75, 3.05) is 13.7 Å². The Hall–Kier alpha value is -1.67. The van der Waals surface area contributed by atoms with E-state index in [0.29, 0.717) is 0 Å². The van der Waals surface area contributed by atoms with Crippen LogP contribution in [0.1, 0.15) is 19.4 Å². The Bertz CT molecular complexity index is 583. The lowest BCUT2D eigenvalue weighted by molar-refractivity contribution is -0.199. The molecule has 7 heteroatoms. The van der Waals surface area contributed by atoms with Crippen LogP contribution in [0.3, 0.4) is 0 Å². The van der Waals surface area contributed by atoms with Crippen LogP contribution in [0.15, 0.2) is 24.3 Å². The molecule has 4 atom stereocenters. The summed E-state index contributed by atoms with van der Waals surface area (Å²) in [4.78, 5) is 11.9. The number of rotatable bonds is 6. The predicted octanol–water partition coefficient (Wildman–Crippen LogP) is 1.02. The van der Waals surface area contributed by atoms with E-state index in [1.165, 1.54) is 0 Å². The van der Waals surface area contributed by atoms with Gasteiger partial charge in [-0.2, -0.15) is 0 Å². The first-order valence-electron chi connectivity index (χ1n) is 7.85. The molecule has 2 aliphatic heterocycles. The van der Waals surface area contributed by atoms with E-state index in [2.05, 4.69) is 0 Å². The Labute approximate surface area is 140 Å². The van der Waals surface area contributed by atoms with Crippen LogP contribution in [0.5, 0.6) is 5.75 Å². The zero-order valence-electron chi connectivity index (χ0n) is 13.9. The monoisotopic (exact) mass is 338 g/mol. The number of carbonyl (C=O) groups is 1. The molecule has 1 N–H and O–H groups in total. The fraction of sp³-hybridized carbons (Fsp3) is 0.588. The SMILES string of the molecule is COc1ccc(CO[C@@H](CO)[C@@H]2OC(=O)[C@@H]3OC(C)(C)O[C@H]23)cc1. The molecule has 0 bridgehead atoms. The molecule has 1 aromatic carbocycles. The van der Waals surface area contributed by atoms with E-state index in [9.17, 15) is 9.90 Å². The summed E-state index contributed by atoms with van der Waals surface area (Å²) in [6, 6.07) is 7.40. The zero-order chi connectivity index (χ0) is 17.3. The average molecular weight is 338 g/mol. The fourth-order valence-electron chi connectivity index (χ4n) is 2.94. The summed E-state index contributed by atoms with van der Waals surface area (Å²) < 4.78 is 27.5. The van der Waals surface area contributed by atoms with Crippen LogP contribution in [-0.4, -0.2) is 55.0 Å². The topological polar surface area (TPSA) is 83.5 Å². The Kier molecular flexibility index (Phi) is 4.78. The highest BCUT2D eigenvalue weighted by molar-refractivity contribution is 5.78. The van der Waals surface area contributed by atoms with Crippen LogP contribution >= 0.6 is 0 Å². The summed E-state index contributed by atoms with van der Waals surface area (Å²) in [6.45, 7) is 3.45. The first-order chi connectivity index (χ1) is 11.4. The summed E-state index contributed by atoms with van der Waals surface area (Å²) in [6.07, 6.45) is -2.75. The molecule has 24 heavy (non-hydrogen) atoms. The van der Waals surface area contributed by atoms with Gasteiger partial charge in [-0.3, -0.25) is 0 Å². The number of fused-ring (bicyclic) bond motifs is 1. The Morgan fingerprint density at radius 3 is 2.58 bits per heavy atom. The minimum absolute atomic E-state index is 0.269. The van der Waals surface area contributed by atoms with Gasteiger partial charge >= 0.3 is 5.97 Å². The maximum Gasteiger partial charge on any atom is 0.338 e. The molecular formula is C17H22O7. The average Bonchev–Trinajstić information content (AvgIpc) is 3.03. The van der Waals surface area contributed by atoms with E-state index in [-0.39, 0.29) is 13.2 Å². The maximum absolute atomic E-state index is 11.9. The number of methoxy groups -OCH3 is 1. The van der Waals surface area contributed by atoms with Crippen LogP contribution in [-0.2, 0) is 30.3 Å². The molecular weight excluding hydrogens is 316 g/mol. The van der Waals surface area contributed by atoms with Gasteiger partial charge in [0, 0.05) is 0 Å². The molecule has 0 radical (unpaired) electrons. The number of carbonyl (C=O) groups excluding carboxylic acids is 1. The molecule has 2 heterocycles. The summed E-state index contributed by atoms with van der Waals surface area (Å²) in [5.74, 6) is -0.589. The minimum Gasteiger partial charge on any atom is -0.497 e. The molecule has 0 aliphatic carbocycles. The summed E-state index contributed by atoms with van der Waals surface area (Å²) in [7, 11) is 1.60. The molecule has 0 saturated carbocycles. The van der Waals surface area contributed by atoms with Gasteiger partial charge in [0.25, 0.3) is 0 Å². The van der Waals surface area contributed by atoms with Gasteiger partial charge in [0.1, 0.15) is 18.0 Å². The third-order valence-electron chi connectivity index (χ3n) is 4.11. The molecule has 2 fully saturated rings. The third-order valence-corrected chi connectivity index (χ3v) is 4.11. The quantitative estimate of drug-likeness (QED) is 0.775. The summed E-state index contributed by atoms with van der Waals surface area (Å²) in [5.41, 5.74) is 0.916. The van der Waals surface area contributed by atoms with Gasteiger partial charge in [-0.1, -0.05) is 12.1 Å². The smallest absolute Gasteiger partial charge is 0.338 e. The molecule has 1 aromatic rings. The molecule has 0 amide bonds. The van der Waals surface area contributed by atoms with Gasteiger partial charge in [-0.25, -0.2) is 4.79 Å². The lowest BCUT2D eigenvalue weighted by Crippen LogP contribution is -2.42. The van der Waals surface area contributed by atoms with Crippen LogP contribution in [0.4, 0.5) is 0 Å². The number of ether oxygens (including phenoxy) is 5. The molecule has 2 saturated heterocycles. The van der Waals surface area contributed by atoms with E-state index in [1.54, 1.807) is 21.0 Å². The number of hydrogen-bond acceptors (Lipinski definition) is 7. The number of esters is 1. The predicted molar refractivity (Wildman–Crippen MR) is 82.4 cm³/mol. The van der Waals surface area contributed by atoms with Crippen molar-refractivity contribution in [2.45, 2.75) is 50.7 Å². The normalized spacial score (nSPS) is 29.2. The number of aliphatic hydroxyl groups is 1. The van der Waals surface area contributed by atoms with E-state index < -0.39 is 36.2 Å². The van der Waals surface area contributed by atoms with E-state index in [1.807, 2.05) is 24.3 Å². The van der Waals surface area contributed by atoms with E-state index in [4.69, 9.17) is 23.7 Å². The number of aliphatic hydroxyl groups excluding tert-OH is 1. The van der Waals surface area contributed by atoms with Crippen molar-refractivity contribution in [1.82, 2.24) is 0 Å². The lowest BCUT2D eigenvalue weighted by atomic mass is 10.1. The minimum atomic E-state index is -0.858. The van der Waals surface area contributed by atoms with Crippen molar-refractivity contribution < 1.29 is 33.6 Å². The van der Waals surface area contributed by atoms with Crippen LogP contribution < -0.4 is 4.74 Å². The van der Waals surface area contributed by atoms with Crippen LogP contribution in [0, 0.1) is 0 Å². The molecule has 0 spiro atoms. The molecule has 3 rings (SSSR count). The zero-order valence-corrected chi connectivity index (χ0v) is 13.9. The maximum atomic E-state index is 11.9. The van der Waals surface area contributed by atoms with Gasteiger partial charge in [0.05, 0.1) is 20.3 Å². The number of cyclic esters (lactones) is 1. The highest BCUT2D eigenvalue weighted by Gasteiger charge is 2.58. The molecule has 0 aromatic heterocycles. The molecule has 0 unspecified atom stereocenters. The Morgan fingerprint density at radius 2 is 1.96 bits per heavy atom. The highest BCUT2D eigenvalue weighted by Crippen LogP contribution is 2.37. The second-order valence-electron chi connectivity index (χ2n) is 6.30. The molecule has 7 nitrogen and oxygen atoms in total. The van der Waals surface area contributed by atoms with Crippen molar-refractivity contribution >= 4 is 5.97 Å². The van der Waals surface area contributed by atoms with Gasteiger partial charge in [0.15, 0.2) is 18.0 Å². The van der Waals surface area contributed by atoms with Crippen molar-refractivity contribution in [3.63, 3.8) is 0 Å². The van der Waals surface area contributed by atoms with Gasteiger partial charge in [0.2, 0.25) is 0 Å². The first kappa shape index (κ1) is 17.2.